The van der Waals surface area contributed by atoms with Gasteiger partial charge in [0, 0.05) is 6.20 Å². The summed E-state index contributed by atoms with van der Waals surface area (Å²) >= 11 is 0. The number of rotatable bonds is 7. The molecule has 3 atom stereocenters. The molecule has 22 heavy (non-hydrogen) atoms. The minimum absolute atomic E-state index is 0.318. The zero-order valence-electron chi connectivity index (χ0n) is 14.7. The lowest BCUT2D eigenvalue weighted by molar-refractivity contribution is -0.105. The van der Waals surface area contributed by atoms with E-state index in [1.165, 1.54) is 38.5 Å². The Morgan fingerprint density at radius 3 is 2.77 bits per heavy atom. The maximum Gasteiger partial charge on any atom is 0.136 e. The molecule has 1 fully saturated rings. The molecule has 0 spiro atoms. The van der Waals surface area contributed by atoms with Crippen molar-refractivity contribution in [1.29, 1.82) is 0 Å². The quantitative estimate of drug-likeness (QED) is 0.694. The molecule has 2 rings (SSSR count). The van der Waals surface area contributed by atoms with Gasteiger partial charge in [-0.15, -0.1) is 0 Å². The number of ether oxygens (including phenoxy) is 1. The molecule has 0 saturated heterocycles. The van der Waals surface area contributed by atoms with Crippen molar-refractivity contribution in [3.8, 4) is 0 Å². The van der Waals surface area contributed by atoms with E-state index in [0.29, 0.717) is 6.10 Å². The number of aromatic nitrogens is 1. The van der Waals surface area contributed by atoms with Crippen molar-refractivity contribution in [2.45, 2.75) is 84.5 Å². The normalized spacial score (nSPS) is 24.7. The van der Waals surface area contributed by atoms with Crippen LogP contribution in [0.25, 0.3) is 0 Å². The fourth-order valence-electron chi connectivity index (χ4n) is 3.47. The first-order valence-electron chi connectivity index (χ1n) is 8.95. The fourth-order valence-corrected chi connectivity index (χ4v) is 3.47. The Balaban J connectivity index is 2.07. The molecular formula is C19H32N2O. The van der Waals surface area contributed by atoms with Crippen LogP contribution < -0.4 is 5.32 Å². The van der Waals surface area contributed by atoms with E-state index >= 15 is 0 Å². The van der Waals surface area contributed by atoms with Gasteiger partial charge in [0.1, 0.15) is 5.72 Å². The number of aryl methyl sites for hydroxylation is 1. The van der Waals surface area contributed by atoms with Crippen LogP contribution in [0.1, 0.15) is 71.4 Å². The molecule has 0 aromatic carbocycles. The SMILES string of the molecule is CCCC1CCCCC1OC(C)(CC)Nc1cccnc1C. The number of hydrogen-bond acceptors (Lipinski definition) is 3. The summed E-state index contributed by atoms with van der Waals surface area (Å²) in [5.74, 6) is 0.724. The summed E-state index contributed by atoms with van der Waals surface area (Å²) in [5.41, 5.74) is 1.79. The molecule has 3 nitrogen and oxygen atoms in total. The van der Waals surface area contributed by atoms with E-state index in [1.54, 1.807) is 0 Å². The molecular weight excluding hydrogens is 272 g/mol. The standard InChI is InChI=1S/C19H32N2O/c1-5-10-16-11-7-8-13-18(16)22-19(4,6-2)21-17-12-9-14-20-15(17)3/h9,12,14,16,18,21H,5-8,10-11,13H2,1-4H3. The molecule has 0 bridgehead atoms. The van der Waals surface area contributed by atoms with Crippen LogP contribution in [0.15, 0.2) is 18.3 Å². The predicted molar refractivity (Wildman–Crippen MR) is 93.0 cm³/mol. The van der Waals surface area contributed by atoms with Crippen LogP contribution in [0.3, 0.4) is 0 Å². The summed E-state index contributed by atoms with van der Waals surface area (Å²) in [6.07, 6.45) is 10.9. The van der Waals surface area contributed by atoms with Gasteiger partial charge in [-0.05, 0) is 57.6 Å². The molecule has 3 unspecified atom stereocenters. The minimum Gasteiger partial charge on any atom is -0.356 e. The monoisotopic (exact) mass is 304 g/mol. The van der Waals surface area contributed by atoms with Crippen LogP contribution >= 0.6 is 0 Å². The number of anilines is 1. The van der Waals surface area contributed by atoms with Gasteiger partial charge in [0.2, 0.25) is 0 Å². The summed E-state index contributed by atoms with van der Waals surface area (Å²) in [6.45, 7) is 8.69. The summed E-state index contributed by atoms with van der Waals surface area (Å²) in [4.78, 5) is 4.37. The first-order chi connectivity index (χ1) is 10.6. The van der Waals surface area contributed by atoms with E-state index in [0.717, 1.165) is 23.7 Å². The van der Waals surface area contributed by atoms with Gasteiger partial charge in [-0.3, -0.25) is 4.98 Å². The lowest BCUT2D eigenvalue weighted by atomic mass is 9.83. The molecule has 1 aromatic heterocycles. The van der Waals surface area contributed by atoms with Crippen molar-refractivity contribution in [3.05, 3.63) is 24.0 Å². The highest BCUT2D eigenvalue weighted by Gasteiger charge is 2.33. The highest BCUT2D eigenvalue weighted by Crippen LogP contribution is 2.34. The molecule has 3 heteroatoms. The Morgan fingerprint density at radius 2 is 2.09 bits per heavy atom. The van der Waals surface area contributed by atoms with Crippen molar-refractivity contribution in [2.24, 2.45) is 5.92 Å². The third kappa shape index (κ3) is 4.45. The van der Waals surface area contributed by atoms with Gasteiger partial charge < -0.3 is 10.1 Å². The third-order valence-corrected chi connectivity index (χ3v) is 4.99. The van der Waals surface area contributed by atoms with E-state index in [2.05, 4.69) is 37.1 Å². The molecule has 1 aromatic rings. The summed E-state index contributed by atoms with van der Waals surface area (Å²) < 4.78 is 6.61. The molecule has 0 amide bonds. The highest BCUT2D eigenvalue weighted by atomic mass is 16.5. The molecule has 0 radical (unpaired) electrons. The number of nitrogens with zero attached hydrogens (tertiary/aromatic N) is 1. The second kappa shape index (κ2) is 7.96. The molecule has 1 heterocycles. The molecule has 0 aliphatic heterocycles. The van der Waals surface area contributed by atoms with E-state index in [9.17, 15) is 0 Å². The van der Waals surface area contributed by atoms with Gasteiger partial charge in [0.05, 0.1) is 17.5 Å². The van der Waals surface area contributed by atoms with E-state index in [-0.39, 0.29) is 5.72 Å². The van der Waals surface area contributed by atoms with Crippen molar-refractivity contribution in [2.75, 3.05) is 5.32 Å². The maximum atomic E-state index is 6.61. The van der Waals surface area contributed by atoms with E-state index in [1.807, 2.05) is 19.2 Å². The highest BCUT2D eigenvalue weighted by molar-refractivity contribution is 5.48. The molecule has 1 aliphatic carbocycles. The Bertz CT molecular complexity index is 461. The fraction of sp³-hybridized carbons (Fsp3) is 0.737. The van der Waals surface area contributed by atoms with Gasteiger partial charge in [0.15, 0.2) is 0 Å². The van der Waals surface area contributed by atoms with Gasteiger partial charge >= 0.3 is 0 Å². The Labute approximate surface area is 135 Å². The van der Waals surface area contributed by atoms with Crippen LogP contribution in [-0.4, -0.2) is 16.8 Å². The average Bonchev–Trinajstić information content (AvgIpc) is 2.52. The number of nitrogens with one attached hydrogen (secondary N) is 1. The summed E-state index contributed by atoms with van der Waals surface area (Å²) in [5, 5.41) is 3.60. The van der Waals surface area contributed by atoms with Crippen LogP contribution in [0.4, 0.5) is 5.69 Å². The predicted octanol–water partition coefficient (Wildman–Crippen LogP) is 5.30. The topological polar surface area (TPSA) is 34.1 Å². The maximum absolute atomic E-state index is 6.61. The van der Waals surface area contributed by atoms with Crippen LogP contribution in [0.5, 0.6) is 0 Å². The molecule has 1 saturated carbocycles. The Kier molecular flexibility index (Phi) is 6.25. The second-order valence-corrected chi connectivity index (χ2v) is 6.84. The zero-order valence-corrected chi connectivity index (χ0v) is 14.7. The first-order valence-corrected chi connectivity index (χ1v) is 8.95. The number of pyridine rings is 1. The second-order valence-electron chi connectivity index (χ2n) is 6.84. The van der Waals surface area contributed by atoms with E-state index in [4.69, 9.17) is 4.74 Å². The zero-order chi connectivity index (χ0) is 16.0. The van der Waals surface area contributed by atoms with Gasteiger partial charge in [-0.2, -0.15) is 0 Å². The lowest BCUT2D eigenvalue weighted by Crippen LogP contribution is -2.44. The van der Waals surface area contributed by atoms with E-state index < -0.39 is 0 Å². The average molecular weight is 304 g/mol. The lowest BCUT2D eigenvalue weighted by Gasteiger charge is -2.40. The Morgan fingerprint density at radius 1 is 1.32 bits per heavy atom. The minimum atomic E-state index is -0.318. The van der Waals surface area contributed by atoms with Crippen LogP contribution in [-0.2, 0) is 4.74 Å². The first kappa shape index (κ1) is 17.3. The summed E-state index contributed by atoms with van der Waals surface area (Å²) in [6, 6.07) is 4.07. The van der Waals surface area contributed by atoms with Crippen molar-refractivity contribution in [3.63, 3.8) is 0 Å². The van der Waals surface area contributed by atoms with Crippen molar-refractivity contribution in [1.82, 2.24) is 4.98 Å². The van der Waals surface area contributed by atoms with Crippen LogP contribution in [0, 0.1) is 12.8 Å². The molecule has 1 aliphatic rings. The third-order valence-electron chi connectivity index (χ3n) is 4.99. The van der Waals surface area contributed by atoms with Gasteiger partial charge in [0.25, 0.3) is 0 Å². The van der Waals surface area contributed by atoms with Crippen LogP contribution in [0.2, 0.25) is 0 Å². The van der Waals surface area contributed by atoms with Crippen molar-refractivity contribution < 1.29 is 4.74 Å². The van der Waals surface area contributed by atoms with Gasteiger partial charge in [-0.1, -0.05) is 33.1 Å². The van der Waals surface area contributed by atoms with Crippen molar-refractivity contribution >= 4 is 5.69 Å². The van der Waals surface area contributed by atoms with Gasteiger partial charge in [-0.25, -0.2) is 0 Å². The largest absolute Gasteiger partial charge is 0.356 e. The Hall–Kier alpha value is -1.09. The summed E-state index contributed by atoms with van der Waals surface area (Å²) in [7, 11) is 0. The number of hydrogen-bond donors (Lipinski definition) is 1. The molecule has 1 N–H and O–H groups in total. The molecule has 124 valence electrons. The smallest absolute Gasteiger partial charge is 0.136 e.